The minimum absolute atomic E-state index is 0.416. The molecular weight excluding hydrogens is 234 g/mol. The van der Waals surface area contributed by atoms with Crippen LogP contribution in [-0.4, -0.2) is 22.2 Å². The monoisotopic (exact) mass is 247 g/mol. The molecule has 0 radical (unpaired) electrons. The predicted octanol–water partition coefficient (Wildman–Crippen LogP) is 1.37. The smallest absolute Gasteiger partial charge is 0.344 e. The number of ether oxygens (including phenoxy) is 1. The van der Waals surface area contributed by atoms with Gasteiger partial charge >= 0.3 is 5.97 Å². The van der Waals surface area contributed by atoms with E-state index in [2.05, 4.69) is 10.4 Å². The summed E-state index contributed by atoms with van der Waals surface area (Å²) in [6, 6.07) is 8.88. The number of nitrogens with zero attached hydrogens (tertiary/aromatic N) is 1. The summed E-state index contributed by atoms with van der Waals surface area (Å²) in [5.74, 6) is 5.17. The van der Waals surface area contributed by atoms with E-state index >= 15 is 0 Å². The first-order valence-electron chi connectivity index (χ1n) is 5.37. The molecular formula is C12H13N3O3. The van der Waals surface area contributed by atoms with Crippen molar-refractivity contribution in [3.05, 3.63) is 30.3 Å². The number of aromatic nitrogens is 1. The molecule has 2 aromatic rings. The lowest BCUT2D eigenvalue weighted by Gasteiger charge is -2.12. The van der Waals surface area contributed by atoms with Crippen LogP contribution < -0.4 is 16.0 Å². The van der Waals surface area contributed by atoms with Gasteiger partial charge in [0.15, 0.2) is 6.10 Å². The van der Waals surface area contributed by atoms with Gasteiger partial charge in [0.25, 0.3) is 0 Å². The number of carboxylic acid groups (broad SMARTS) is 1. The number of benzene rings is 1. The molecule has 2 rings (SSSR count). The second-order valence-electron chi connectivity index (χ2n) is 3.77. The van der Waals surface area contributed by atoms with E-state index in [0.717, 1.165) is 5.39 Å². The van der Waals surface area contributed by atoms with Crippen LogP contribution in [0.2, 0.25) is 0 Å². The fourth-order valence-electron chi connectivity index (χ4n) is 1.54. The van der Waals surface area contributed by atoms with Gasteiger partial charge < -0.3 is 15.3 Å². The first-order valence-corrected chi connectivity index (χ1v) is 5.37. The highest BCUT2D eigenvalue weighted by molar-refractivity contribution is 5.86. The van der Waals surface area contributed by atoms with Crippen molar-refractivity contribution >= 4 is 22.7 Å². The first-order chi connectivity index (χ1) is 8.61. The molecule has 4 N–H and O–H groups in total. The molecule has 6 heteroatoms. The zero-order valence-corrected chi connectivity index (χ0v) is 9.75. The quantitative estimate of drug-likeness (QED) is 0.557. The Hall–Kier alpha value is -2.34. The number of nitrogens with two attached hydrogens (primary N) is 1. The van der Waals surface area contributed by atoms with Gasteiger partial charge in [0, 0.05) is 5.39 Å². The van der Waals surface area contributed by atoms with E-state index in [1.807, 2.05) is 12.1 Å². The standard InChI is InChI=1S/C12H13N3O3/c1-7(12(16)17)18-9-4-2-3-8-5-6-10(15-13)14-11(8)9/h2-7H,13H2,1H3,(H,14,15)(H,16,17). The Labute approximate surface area is 103 Å². The van der Waals surface area contributed by atoms with Crippen LogP contribution in [-0.2, 0) is 4.79 Å². The Balaban J connectivity index is 2.46. The number of pyridine rings is 1. The SMILES string of the molecule is CC(Oc1cccc2ccc(NN)nc12)C(=O)O. The molecule has 0 fully saturated rings. The molecule has 0 aliphatic rings. The summed E-state index contributed by atoms with van der Waals surface area (Å²) in [7, 11) is 0. The van der Waals surface area contributed by atoms with Crippen LogP contribution in [0.25, 0.3) is 10.9 Å². The third-order valence-corrected chi connectivity index (χ3v) is 2.48. The number of hydrazine groups is 1. The molecule has 1 aromatic heterocycles. The van der Waals surface area contributed by atoms with E-state index in [1.165, 1.54) is 6.92 Å². The van der Waals surface area contributed by atoms with Gasteiger partial charge in [-0.3, -0.25) is 0 Å². The van der Waals surface area contributed by atoms with Crippen molar-refractivity contribution in [1.82, 2.24) is 4.98 Å². The summed E-state index contributed by atoms with van der Waals surface area (Å²) in [6.07, 6.45) is -0.938. The zero-order valence-electron chi connectivity index (χ0n) is 9.75. The molecule has 6 nitrogen and oxygen atoms in total. The Morgan fingerprint density at radius 2 is 2.22 bits per heavy atom. The van der Waals surface area contributed by atoms with Gasteiger partial charge in [-0.1, -0.05) is 12.1 Å². The average molecular weight is 247 g/mol. The van der Waals surface area contributed by atoms with Crippen molar-refractivity contribution in [3.8, 4) is 5.75 Å². The summed E-state index contributed by atoms with van der Waals surface area (Å²) >= 11 is 0. The van der Waals surface area contributed by atoms with Crippen LogP contribution in [0.1, 0.15) is 6.92 Å². The maximum atomic E-state index is 10.8. The van der Waals surface area contributed by atoms with E-state index in [1.54, 1.807) is 18.2 Å². The third-order valence-electron chi connectivity index (χ3n) is 2.48. The highest BCUT2D eigenvalue weighted by atomic mass is 16.5. The van der Waals surface area contributed by atoms with Crippen molar-refractivity contribution in [2.75, 3.05) is 5.43 Å². The lowest BCUT2D eigenvalue weighted by molar-refractivity contribution is -0.144. The van der Waals surface area contributed by atoms with E-state index in [0.29, 0.717) is 17.1 Å². The largest absolute Gasteiger partial charge is 0.479 e. The number of nitrogen functional groups attached to an aromatic ring is 1. The number of nitrogens with one attached hydrogen (secondary N) is 1. The zero-order chi connectivity index (χ0) is 13.1. The molecule has 0 bridgehead atoms. The van der Waals surface area contributed by atoms with E-state index in [4.69, 9.17) is 15.7 Å². The topological polar surface area (TPSA) is 97.5 Å². The van der Waals surface area contributed by atoms with Crippen LogP contribution in [0.5, 0.6) is 5.75 Å². The number of rotatable bonds is 4. The summed E-state index contributed by atoms with van der Waals surface area (Å²) in [6.45, 7) is 1.46. The van der Waals surface area contributed by atoms with E-state index in [-0.39, 0.29) is 0 Å². The molecule has 0 aliphatic carbocycles. The number of carboxylic acids is 1. The second-order valence-corrected chi connectivity index (χ2v) is 3.77. The molecule has 18 heavy (non-hydrogen) atoms. The van der Waals surface area contributed by atoms with E-state index in [9.17, 15) is 4.79 Å². The van der Waals surface area contributed by atoms with Crippen LogP contribution in [0.4, 0.5) is 5.82 Å². The lowest BCUT2D eigenvalue weighted by atomic mass is 10.2. The average Bonchev–Trinajstić information content (AvgIpc) is 2.38. The lowest BCUT2D eigenvalue weighted by Crippen LogP contribution is -2.23. The van der Waals surface area contributed by atoms with Crippen LogP contribution in [0.3, 0.4) is 0 Å². The number of fused-ring (bicyclic) bond motifs is 1. The van der Waals surface area contributed by atoms with Gasteiger partial charge in [-0.15, -0.1) is 0 Å². The molecule has 1 aromatic carbocycles. The Morgan fingerprint density at radius 1 is 1.44 bits per heavy atom. The molecule has 1 atom stereocenters. The molecule has 0 saturated carbocycles. The molecule has 1 heterocycles. The predicted molar refractivity (Wildman–Crippen MR) is 67.3 cm³/mol. The Morgan fingerprint density at radius 3 is 2.89 bits per heavy atom. The number of carbonyl (C=O) groups is 1. The van der Waals surface area contributed by atoms with Gasteiger partial charge in [-0.25, -0.2) is 15.6 Å². The van der Waals surface area contributed by atoms with Crippen molar-refractivity contribution in [2.24, 2.45) is 5.84 Å². The molecule has 0 amide bonds. The number of para-hydroxylation sites is 1. The molecule has 0 saturated heterocycles. The van der Waals surface area contributed by atoms with Crippen LogP contribution in [0.15, 0.2) is 30.3 Å². The molecule has 0 spiro atoms. The third kappa shape index (κ3) is 2.33. The molecule has 1 unspecified atom stereocenters. The van der Waals surface area contributed by atoms with Crippen LogP contribution >= 0.6 is 0 Å². The van der Waals surface area contributed by atoms with Gasteiger partial charge in [-0.05, 0) is 25.1 Å². The van der Waals surface area contributed by atoms with Gasteiger partial charge in [-0.2, -0.15) is 0 Å². The Bertz CT molecular complexity index is 586. The molecule has 0 aliphatic heterocycles. The summed E-state index contributed by atoms with van der Waals surface area (Å²) in [5.41, 5.74) is 3.01. The number of hydrogen-bond acceptors (Lipinski definition) is 5. The Kier molecular flexibility index (Phi) is 3.29. The van der Waals surface area contributed by atoms with Crippen molar-refractivity contribution in [1.29, 1.82) is 0 Å². The summed E-state index contributed by atoms with van der Waals surface area (Å²) in [5, 5.41) is 9.69. The highest BCUT2D eigenvalue weighted by Crippen LogP contribution is 2.25. The van der Waals surface area contributed by atoms with Crippen molar-refractivity contribution < 1.29 is 14.6 Å². The van der Waals surface area contributed by atoms with Crippen molar-refractivity contribution in [3.63, 3.8) is 0 Å². The fourth-order valence-corrected chi connectivity index (χ4v) is 1.54. The van der Waals surface area contributed by atoms with Gasteiger partial charge in [0.05, 0.1) is 0 Å². The minimum atomic E-state index is -1.03. The van der Waals surface area contributed by atoms with Crippen LogP contribution in [0, 0.1) is 0 Å². The fraction of sp³-hybridized carbons (Fsp3) is 0.167. The first kappa shape index (κ1) is 12.1. The summed E-state index contributed by atoms with van der Waals surface area (Å²) in [4.78, 5) is 15.0. The van der Waals surface area contributed by atoms with Crippen molar-refractivity contribution in [2.45, 2.75) is 13.0 Å². The number of aliphatic carboxylic acids is 1. The van der Waals surface area contributed by atoms with Gasteiger partial charge in [0.1, 0.15) is 17.1 Å². The second kappa shape index (κ2) is 4.89. The maximum Gasteiger partial charge on any atom is 0.344 e. The molecule has 94 valence electrons. The maximum absolute atomic E-state index is 10.8. The van der Waals surface area contributed by atoms with E-state index < -0.39 is 12.1 Å². The highest BCUT2D eigenvalue weighted by Gasteiger charge is 2.14. The number of anilines is 1. The van der Waals surface area contributed by atoms with Gasteiger partial charge in [0.2, 0.25) is 0 Å². The minimum Gasteiger partial charge on any atom is -0.479 e. The summed E-state index contributed by atoms with van der Waals surface area (Å²) < 4.78 is 5.36. The normalized spacial score (nSPS) is 12.1. The number of hydrogen-bond donors (Lipinski definition) is 3.